The first-order valence-corrected chi connectivity index (χ1v) is 9.08. The Morgan fingerprint density at radius 2 is 2.17 bits per heavy atom. The van der Waals surface area contributed by atoms with Crippen molar-refractivity contribution < 1.29 is 4.39 Å². The fraction of sp³-hybridized carbons (Fsp3) is 0.111. The minimum atomic E-state index is -0.278. The first-order chi connectivity index (χ1) is 11.6. The first-order valence-electron chi connectivity index (χ1n) is 7.33. The highest BCUT2D eigenvalue weighted by Crippen LogP contribution is 2.25. The molecular weight excluding hydrogens is 341 g/mol. The van der Waals surface area contributed by atoms with E-state index in [0.29, 0.717) is 12.1 Å². The molecular formula is C18H16FN3S2. The molecule has 0 saturated carbocycles. The summed E-state index contributed by atoms with van der Waals surface area (Å²) in [6, 6.07) is 10.4. The van der Waals surface area contributed by atoms with Crippen molar-refractivity contribution in [2.24, 2.45) is 10.1 Å². The Balaban J connectivity index is 2.04. The van der Waals surface area contributed by atoms with Gasteiger partial charge in [-0.25, -0.2) is 9.07 Å². The molecule has 0 aliphatic carbocycles. The number of thiophene rings is 1. The lowest BCUT2D eigenvalue weighted by atomic mass is 10.2. The quantitative estimate of drug-likeness (QED) is 0.465. The van der Waals surface area contributed by atoms with Gasteiger partial charge >= 0.3 is 0 Å². The van der Waals surface area contributed by atoms with E-state index in [-0.39, 0.29) is 5.82 Å². The van der Waals surface area contributed by atoms with Crippen LogP contribution in [0.3, 0.4) is 0 Å². The molecule has 0 amide bonds. The molecule has 0 atom stereocenters. The molecule has 0 bridgehead atoms. The van der Waals surface area contributed by atoms with E-state index in [1.807, 2.05) is 35.9 Å². The topological polar surface area (TPSA) is 29.6 Å². The number of hydrogen-bond donors (Lipinski definition) is 0. The van der Waals surface area contributed by atoms with E-state index in [0.717, 1.165) is 20.9 Å². The highest BCUT2D eigenvalue weighted by atomic mass is 32.1. The molecule has 3 nitrogen and oxygen atoms in total. The summed E-state index contributed by atoms with van der Waals surface area (Å²) in [4.78, 5) is 6.46. The monoisotopic (exact) mass is 357 g/mol. The van der Waals surface area contributed by atoms with Crippen LogP contribution in [0.15, 0.2) is 69.4 Å². The zero-order chi connectivity index (χ0) is 16.9. The summed E-state index contributed by atoms with van der Waals surface area (Å²) in [6.45, 7) is 6.38. The molecule has 1 aromatic carbocycles. The molecule has 0 radical (unpaired) electrons. The number of thiazole rings is 1. The van der Waals surface area contributed by atoms with E-state index in [1.165, 1.54) is 23.5 Å². The van der Waals surface area contributed by atoms with Crippen LogP contribution in [-0.4, -0.2) is 17.4 Å². The van der Waals surface area contributed by atoms with Crippen molar-refractivity contribution in [3.63, 3.8) is 0 Å². The van der Waals surface area contributed by atoms with Gasteiger partial charge in [-0.2, -0.15) is 5.10 Å². The minimum Gasteiger partial charge on any atom is -0.253 e. The summed E-state index contributed by atoms with van der Waals surface area (Å²) in [5, 5.41) is 8.59. The molecule has 0 aliphatic rings. The average Bonchev–Trinajstić information content (AvgIpc) is 3.20. The number of halogens is 1. The maximum Gasteiger partial charge on any atom is 0.206 e. The van der Waals surface area contributed by atoms with Crippen LogP contribution in [0.25, 0.3) is 10.6 Å². The molecule has 6 heteroatoms. The minimum absolute atomic E-state index is 0.278. The number of rotatable bonds is 5. The molecule has 2 aromatic heterocycles. The van der Waals surface area contributed by atoms with Crippen molar-refractivity contribution in [3.8, 4) is 10.6 Å². The van der Waals surface area contributed by atoms with Gasteiger partial charge < -0.3 is 0 Å². The molecule has 2 heterocycles. The highest BCUT2D eigenvalue weighted by Gasteiger charge is 2.08. The number of benzene rings is 1. The van der Waals surface area contributed by atoms with Crippen LogP contribution >= 0.6 is 22.7 Å². The Bertz CT molecular complexity index is 933. The Morgan fingerprint density at radius 3 is 2.88 bits per heavy atom. The third-order valence-electron chi connectivity index (χ3n) is 3.11. The summed E-state index contributed by atoms with van der Waals surface area (Å²) in [6.07, 6.45) is 1.65. The number of hydrogen-bond acceptors (Lipinski definition) is 4. The van der Waals surface area contributed by atoms with Gasteiger partial charge in [-0.05, 0) is 36.1 Å². The fourth-order valence-electron chi connectivity index (χ4n) is 2.03. The molecule has 24 heavy (non-hydrogen) atoms. The maximum absolute atomic E-state index is 13.3. The van der Waals surface area contributed by atoms with Crippen LogP contribution in [-0.2, 0) is 0 Å². The van der Waals surface area contributed by atoms with Crippen molar-refractivity contribution in [2.45, 2.75) is 6.92 Å². The summed E-state index contributed by atoms with van der Waals surface area (Å²) in [5.74, 6) is -0.278. The van der Waals surface area contributed by atoms with Crippen molar-refractivity contribution in [3.05, 3.63) is 75.5 Å². The van der Waals surface area contributed by atoms with Crippen molar-refractivity contribution in [1.29, 1.82) is 0 Å². The van der Waals surface area contributed by atoms with Crippen LogP contribution in [0.4, 0.5) is 4.39 Å². The number of nitrogens with zero attached hydrogens (tertiary/aromatic N) is 3. The SMILES string of the molecule is C=C(C)CN=c1scc(-c2cccs2)n1N=Cc1cccc(F)c1. The predicted octanol–water partition coefficient (Wildman–Crippen LogP) is 4.78. The van der Waals surface area contributed by atoms with Gasteiger partial charge in [-0.3, -0.25) is 4.99 Å². The molecule has 0 aliphatic heterocycles. The Labute approximate surface area is 147 Å². The molecule has 3 rings (SSSR count). The van der Waals surface area contributed by atoms with Crippen molar-refractivity contribution in [1.82, 2.24) is 4.68 Å². The highest BCUT2D eigenvalue weighted by molar-refractivity contribution is 7.14. The van der Waals surface area contributed by atoms with Gasteiger partial charge in [0, 0.05) is 5.38 Å². The summed E-state index contributed by atoms with van der Waals surface area (Å²) < 4.78 is 15.1. The lowest BCUT2D eigenvalue weighted by molar-refractivity contribution is 0.627. The van der Waals surface area contributed by atoms with Crippen molar-refractivity contribution >= 4 is 28.9 Å². The molecule has 122 valence electrons. The van der Waals surface area contributed by atoms with Gasteiger partial charge in [0.1, 0.15) is 5.82 Å². The van der Waals surface area contributed by atoms with Crippen LogP contribution in [0, 0.1) is 5.82 Å². The van der Waals surface area contributed by atoms with E-state index >= 15 is 0 Å². The largest absolute Gasteiger partial charge is 0.253 e. The zero-order valence-electron chi connectivity index (χ0n) is 13.1. The van der Waals surface area contributed by atoms with Crippen molar-refractivity contribution in [2.75, 3.05) is 6.54 Å². The first kappa shape index (κ1) is 16.5. The van der Waals surface area contributed by atoms with Crippen LogP contribution in [0.1, 0.15) is 12.5 Å². The zero-order valence-corrected chi connectivity index (χ0v) is 14.8. The van der Waals surface area contributed by atoms with E-state index in [2.05, 4.69) is 16.7 Å². The second kappa shape index (κ2) is 7.51. The summed E-state index contributed by atoms with van der Waals surface area (Å²) >= 11 is 3.17. The average molecular weight is 357 g/mol. The van der Waals surface area contributed by atoms with E-state index in [4.69, 9.17) is 0 Å². The fourth-order valence-corrected chi connectivity index (χ4v) is 3.66. The third kappa shape index (κ3) is 3.96. The Hall–Kier alpha value is -2.31. The Morgan fingerprint density at radius 1 is 1.29 bits per heavy atom. The number of aromatic nitrogens is 1. The van der Waals surface area contributed by atoms with Crippen LogP contribution < -0.4 is 4.80 Å². The van der Waals surface area contributed by atoms with Crippen LogP contribution in [0.2, 0.25) is 0 Å². The van der Waals surface area contributed by atoms with Gasteiger partial charge in [0.2, 0.25) is 4.80 Å². The van der Waals surface area contributed by atoms with Gasteiger partial charge in [0.05, 0.1) is 23.3 Å². The van der Waals surface area contributed by atoms with Gasteiger partial charge in [0.25, 0.3) is 0 Å². The molecule has 3 aromatic rings. The van der Waals surface area contributed by atoms with Crippen LogP contribution in [0.5, 0.6) is 0 Å². The predicted molar refractivity (Wildman–Crippen MR) is 100 cm³/mol. The van der Waals surface area contributed by atoms with Gasteiger partial charge in [-0.15, -0.1) is 22.7 Å². The summed E-state index contributed by atoms with van der Waals surface area (Å²) in [5.41, 5.74) is 2.67. The van der Waals surface area contributed by atoms with Gasteiger partial charge in [0.15, 0.2) is 0 Å². The smallest absolute Gasteiger partial charge is 0.206 e. The lowest BCUT2D eigenvalue weighted by Crippen LogP contribution is -2.12. The van der Waals surface area contributed by atoms with E-state index in [1.54, 1.807) is 28.3 Å². The standard InChI is InChI=1S/C18H16FN3S2/c1-13(2)10-20-18-22(16(12-24-18)17-7-4-8-23-17)21-11-14-5-3-6-15(19)9-14/h3-9,11-12H,1,10H2,2H3. The van der Waals surface area contributed by atoms with E-state index < -0.39 is 0 Å². The second-order valence-electron chi connectivity index (χ2n) is 5.27. The second-order valence-corrected chi connectivity index (χ2v) is 7.05. The molecule has 0 saturated heterocycles. The normalized spacial score (nSPS) is 12.2. The van der Waals surface area contributed by atoms with Gasteiger partial charge in [-0.1, -0.05) is 30.4 Å². The molecule has 0 fully saturated rings. The third-order valence-corrected chi connectivity index (χ3v) is 4.86. The molecule has 0 unspecified atom stereocenters. The maximum atomic E-state index is 13.3. The molecule has 0 spiro atoms. The van der Waals surface area contributed by atoms with E-state index in [9.17, 15) is 4.39 Å². The summed E-state index contributed by atoms with van der Waals surface area (Å²) in [7, 11) is 0. The molecule has 0 N–H and O–H groups in total. The lowest BCUT2D eigenvalue weighted by Gasteiger charge is -2.01. The Kier molecular flexibility index (Phi) is 5.17.